The molecule has 12 heteroatoms. The van der Waals surface area contributed by atoms with E-state index in [1.807, 2.05) is 30.3 Å². The summed E-state index contributed by atoms with van der Waals surface area (Å²) in [4.78, 5) is 0. The Morgan fingerprint density at radius 1 is 0.733 bits per heavy atom. The third kappa shape index (κ3) is 12.0. The van der Waals surface area contributed by atoms with E-state index in [0.29, 0.717) is 17.1 Å². The van der Waals surface area contributed by atoms with E-state index in [1.54, 1.807) is 18.2 Å². The first-order valence-electron chi connectivity index (χ1n) is 8.46. The van der Waals surface area contributed by atoms with Crippen LogP contribution in [0.25, 0.3) is 11.1 Å². The van der Waals surface area contributed by atoms with E-state index in [0.717, 1.165) is 5.56 Å². The standard InChI is InChI=1S/C18H22O8S2.2Na/c19-27(20,21)12-4-10-25-16-8-9-18(26-11-5-13-28(22,23)24)17(14-16)15-6-2-1-3-7-15;;/h1-3,6-9,14H,4-5,10-13H2,(H,19,20,21)(H,22,23,24);;/q;2*+1/p-2. The van der Waals surface area contributed by atoms with Gasteiger partial charge in [0.15, 0.2) is 0 Å². The van der Waals surface area contributed by atoms with Gasteiger partial charge in [0.1, 0.15) is 11.5 Å². The van der Waals surface area contributed by atoms with Crippen LogP contribution in [0.3, 0.4) is 0 Å². The Balaban J connectivity index is 0.00000420. The molecule has 0 aromatic heterocycles. The first-order valence-corrected chi connectivity index (χ1v) is 11.6. The summed E-state index contributed by atoms with van der Waals surface area (Å²) in [5.41, 5.74) is 1.53. The van der Waals surface area contributed by atoms with Gasteiger partial charge in [-0.15, -0.1) is 0 Å². The minimum Gasteiger partial charge on any atom is -0.748 e. The van der Waals surface area contributed by atoms with Gasteiger partial charge in [0.2, 0.25) is 0 Å². The van der Waals surface area contributed by atoms with Crippen LogP contribution in [0.2, 0.25) is 0 Å². The van der Waals surface area contributed by atoms with Crippen molar-refractivity contribution in [3.63, 3.8) is 0 Å². The monoisotopic (exact) mass is 474 g/mol. The quantitative estimate of drug-likeness (QED) is 0.183. The van der Waals surface area contributed by atoms with E-state index < -0.39 is 31.7 Å². The van der Waals surface area contributed by atoms with Crippen LogP contribution in [0.15, 0.2) is 48.5 Å². The first-order chi connectivity index (χ1) is 13.1. The van der Waals surface area contributed by atoms with Crippen molar-refractivity contribution >= 4 is 20.2 Å². The van der Waals surface area contributed by atoms with Gasteiger partial charge in [-0.2, -0.15) is 0 Å². The van der Waals surface area contributed by atoms with Gasteiger partial charge in [-0.05, 0) is 36.6 Å². The molecule has 0 fully saturated rings. The molecule has 0 heterocycles. The van der Waals surface area contributed by atoms with Crippen LogP contribution < -0.4 is 68.6 Å². The molecule has 0 saturated heterocycles. The second-order valence-corrected chi connectivity index (χ2v) is 9.00. The molecule has 8 nitrogen and oxygen atoms in total. The Hall–Kier alpha value is -0.140. The zero-order chi connectivity index (χ0) is 20.6. The van der Waals surface area contributed by atoms with Gasteiger partial charge in [-0.1, -0.05) is 30.3 Å². The average molecular weight is 474 g/mol. The summed E-state index contributed by atoms with van der Waals surface area (Å²) in [7, 11) is -8.56. The number of hydrogen-bond acceptors (Lipinski definition) is 8. The number of rotatable bonds is 11. The molecule has 0 N–H and O–H groups in total. The third-order valence-corrected chi connectivity index (χ3v) is 5.22. The fourth-order valence-corrected chi connectivity index (χ4v) is 3.35. The molecule has 0 spiro atoms. The molecule has 0 radical (unpaired) electrons. The normalized spacial score (nSPS) is 11.1. The molecule has 30 heavy (non-hydrogen) atoms. The smallest absolute Gasteiger partial charge is 0.748 e. The summed E-state index contributed by atoms with van der Waals surface area (Å²) < 4.78 is 75.1. The molecule has 2 rings (SSSR count). The number of hydrogen-bond donors (Lipinski definition) is 0. The maximum Gasteiger partial charge on any atom is 1.00 e. The van der Waals surface area contributed by atoms with E-state index in [1.165, 1.54) is 0 Å². The Bertz CT molecular complexity index is 981. The molecule has 0 aliphatic rings. The van der Waals surface area contributed by atoms with Crippen LogP contribution in [-0.2, 0) is 20.2 Å². The molecular weight excluding hydrogens is 454 g/mol. The molecular formula is C18H20Na2O8S2. The third-order valence-electron chi connectivity index (χ3n) is 3.64. The average Bonchev–Trinajstić information content (AvgIpc) is 2.62. The van der Waals surface area contributed by atoms with E-state index in [-0.39, 0.29) is 85.2 Å². The molecule has 0 aliphatic heterocycles. The van der Waals surface area contributed by atoms with Crippen molar-refractivity contribution in [2.75, 3.05) is 24.7 Å². The molecule has 2 aromatic rings. The molecule has 2 aromatic carbocycles. The van der Waals surface area contributed by atoms with Crippen molar-refractivity contribution in [2.45, 2.75) is 12.8 Å². The van der Waals surface area contributed by atoms with E-state index in [4.69, 9.17) is 9.47 Å². The topological polar surface area (TPSA) is 133 Å². The maximum absolute atomic E-state index is 10.7. The minimum absolute atomic E-state index is 0. The minimum atomic E-state index is -4.29. The van der Waals surface area contributed by atoms with Crippen LogP contribution in [-0.4, -0.2) is 50.7 Å². The van der Waals surface area contributed by atoms with Crippen LogP contribution in [0.4, 0.5) is 0 Å². The van der Waals surface area contributed by atoms with Gasteiger partial charge in [-0.25, -0.2) is 16.8 Å². The fraction of sp³-hybridized carbons (Fsp3) is 0.333. The predicted octanol–water partition coefficient (Wildman–Crippen LogP) is -4.01. The Morgan fingerprint density at radius 3 is 1.80 bits per heavy atom. The molecule has 0 aliphatic carbocycles. The largest absolute Gasteiger partial charge is 1.00 e. The zero-order valence-corrected chi connectivity index (χ0v) is 22.6. The van der Waals surface area contributed by atoms with Gasteiger partial charge >= 0.3 is 59.1 Å². The first kappa shape index (κ1) is 29.9. The van der Waals surface area contributed by atoms with Gasteiger partial charge in [0.25, 0.3) is 0 Å². The van der Waals surface area contributed by atoms with Gasteiger partial charge in [-0.3, -0.25) is 0 Å². The van der Waals surface area contributed by atoms with Crippen LogP contribution in [0, 0.1) is 0 Å². The summed E-state index contributed by atoms with van der Waals surface area (Å²) in [6.45, 7) is 0.125. The van der Waals surface area contributed by atoms with Gasteiger partial charge in [0, 0.05) is 17.1 Å². The Labute approximate surface area is 221 Å². The zero-order valence-electron chi connectivity index (χ0n) is 16.9. The van der Waals surface area contributed by atoms with Crippen LogP contribution >= 0.6 is 0 Å². The van der Waals surface area contributed by atoms with Crippen LogP contribution in [0.1, 0.15) is 12.8 Å². The SMILES string of the molecule is O=S(=O)([O-])CCCOc1ccc(OCCCS(=O)(=O)[O-])c(-c2ccccc2)c1.[Na+].[Na+]. The van der Waals surface area contributed by atoms with Crippen molar-refractivity contribution in [1.29, 1.82) is 0 Å². The van der Waals surface area contributed by atoms with Crippen molar-refractivity contribution in [3.8, 4) is 22.6 Å². The summed E-state index contributed by atoms with van der Waals surface area (Å²) in [6, 6.07) is 14.2. The van der Waals surface area contributed by atoms with E-state index in [2.05, 4.69) is 0 Å². The summed E-state index contributed by atoms with van der Waals surface area (Å²) in [5.74, 6) is -0.0412. The molecule has 0 unspecified atom stereocenters. The van der Waals surface area contributed by atoms with E-state index in [9.17, 15) is 25.9 Å². The van der Waals surface area contributed by atoms with Crippen LogP contribution in [0.5, 0.6) is 11.5 Å². The van der Waals surface area contributed by atoms with Crippen molar-refractivity contribution in [3.05, 3.63) is 48.5 Å². The number of benzene rings is 2. The molecule has 154 valence electrons. The van der Waals surface area contributed by atoms with E-state index >= 15 is 0 Å². The molecule has 0 saturated carbocycles. The Kier molecular flexibility index (Phi) is 14.0. The van der Waals surface area contributed by atoms with Gasteiger partial charge < -0.3 is 18.6 Å². The van der Waals surface area contributed by atoms with Crippen molar-refractivity contribution in [1.82, 2.24) is 0 Å². The molecule has 0 atom stereocenters. The second-order valence-electron chi connectivity index (χ2n) is 5.95. The maximum atomic E-state index is 10.7. The second kappa shape index (κ2) is 14.1. The molecule has 0 bridgehead atoms. The summed E-state index contributed by atoms with van der Waals surface area (Å²) in [5, 5.41) is 0. The van der Waals surface area contributed by atoms with Crippen molar-refractivity contribution in [2.24, 2.45) is 0 Å². The number of ether oxygens (including phenoxy) is 2. The van der Waals surface area contributed by atoms with Gasteiger partial charge in [0.05, 0.1) is 33.5 Å². The predicted molar refractivity (Wildman–Crippen MR) is 101 cm³/mol. The van der Waals surface area contributed by atoms with Crippen molar-refractivity contribution < 1.29 is 94.5 Å². The Morgan fingerprint density at radius 2 is 1.27 bits per heavy atom. The molecule has 0 amide bonds. The summed E-state index contributed by atoms with van der Waals surface area (Å²) >= 11 is 0. The summed E-state index contributed by atoms with van der Waals surface area (Å²) in [6.07, 6.45) is 0.149. The fourth-order valence-electron chi connectivity index (χ4n) is 2.41.